The summed E-state index contributed by atoms with van der Waals surface area (Å²) >= 11 is 5.79. The number of anilines is 1. The molecule has 0 amide bonds. The molecule has 5 nitrogen and oxygen atoms in total. The Hall–Kier alpha value is -1.53. The number of halogens is 1. The van der Waals surface area contributed by atoms with Crippen molar-refractivity contribution in [2.45, 2.75) is 16.8 Å². The molecule has 7 heteroatoms. The van der Waals surface area contributed by atoms with Crippen LogP contribution in [-0.2, 0) is 9.84 Å². The first-order chi connectivity index (χ1) is 8.45. The average molecular weight is 287 g/mol. The van der Waals surface area contributed by atoms with Gasteiger partial charge in [0.1, 0.15) is 0 Å². The highest BCUT2D eigenvalue weighted by Gasteiger charge is 2.26. The van der Waals surface area contributed by atoms with Gasteiger partial charge in [0.05, 0.1) is 4.90 Å². The molecule has 0 aliphatic carbocycles. The van der Waals surface area contributed by atoms with Gasteiger partial charge in [-0.2, -0.15) is 4.98 Å². The molecule has 0 unspecified atom stereocenters. The molecule has 0 spiro atoms. The number of nitrogens with one attached hydrogen (secondary N) is 1. The first-order valence-corrected chi connectivity index (χ1v) is 6.97. The van der Waals surface area contributed by atoms with Gasteiger partial charge < -0.3 is 9.73 Å². The van der Waals surface area contributed by atoms with Gasteiger partial charge in [0.25, 0.3) is 0 Å². The zero-order chi connectivity index (χ0) is 13.3. The predicted molar refractivity (Wildman–Crippen MR) is 67.7 cm³/mol. The number of sulfone groups is 1. The van der Waals surface area contributed by atoms with E-state index in [9.17, 15) is 8.42 Å². The smallest absolute Gasteiger partial charge is 0.233 e. The van der Waals surface area contributed by atoms with Gasteiger partial charge in [-0.1, -0.05) is 17.7 Å². The quantitative estimate of drug-likeness (QED) is 0.938. The molecule has 96 valence electrons. The van der Waals surface area contributed by atoms with E-state index in [1.54, 1.807) is 26.1 Å². The Bertz CT molecular complexity index is 679. The lowest BCUT2D eigenvalue weighted by molar-refractivity contribution is 0.534. The second-order valence-electron chi connectivity index (χ2n) is 3.58. The van der Waals surface area contributed by atoms with Crippen molar-refractivity contribution in [2.24, 2.45) is 0 Å². The molecule has 0 aliphatic heterocycles. The van der Waals surface area contributed by atoms with Crippen LogP contribution in [0.4, 0.5) is 5.88 Å². The first-order valence-electron chi connectivity index (χ1n) is 5.11. The minimum atomic E-state index is -3.74. The molecule has 2 rings (SSSR count). The summed E-state index contributed by atoms with van der Waals surface area (Å²) in [4.78, 5) is 3.98. The fraction of sp³-hybridized carbons (Fsp3) is 0.182. The SMILES string of the molecule is CNc1oc(C)nc1S(=O)(=O)c1cccc(Cl)c1. The van der Waals surface area contributed by atoms with E-state index in [2.05, 4.69) is 10.3 Å². The third-order valence-electron chi connectivity index (χ3n) is 2.29. The van der Waals surface area contributed by atoms with E-state index in [1.807, 2.05) is 0 Å². The normalized spacial score (nSPS) is 11.5. The van der Waals surface area contributed by atoms with E-state index in [0.717, 1.165) is 0 Å². The van der Waals surface area contributed by atoms with Crippen molar-refractivity contribution in [1.82, 2.24) is 4.98 Å². The molecular weight excluding hydrogens is 276 g/mol. The van der Waals surface area contributed by atoms with Gasteiger partial charge in [0.15, 0.2) is 5.89 Å². The number of nitrogens with zero attached hydrogens (tertiary/aromatic N) is 1. The summed E-state index contributed by atoms with van der Waals surface area (Å²) in [5.41, 5.74) is 0. The average Bonchev–Trinajstić information content (AvgIpc) is 2.71. The Morgan fingerprint density at radius 1 is 1.39 bits per heavy atom. The standard InChI is InChI=1S/C11H11ClN2O3S/c1-7-14-11(10(13-2)17-7)18(15,16)9-5-3-4-8(12)6-9/h3-6,13H,1-2H3. The maximum absolute atomic E-state index is 12.4. The number of aromatic nitrogens is 1. The van der Waals surface area contributed by atoms with Crippen LogP contribution in [0.2, 0.25) is 5.02 Å². The second-order valence-corrected chi connectivity index (χ2v) is 5.88. The lowest BCUT2D eigenvalue weighted by Crippen LogP contribution is -2.05. The Labute approximate surface area is 110 Å². The van der Waals surface area contributed by atoms with Crippen LogP contribution in [0.25, 0.3) is 0 Å². The van der Waals surface area contributed by atoms with Gasteiger partial charge in [0.2, 0.25) is 20.7 Å². The summed E-state index contributed by atoms with van der Waals surface area (Å²) in [6.07, 6.45) is 0. The van der Waals surface area contributed by atoms with Crippen molar-refractivity contribution in [3.05, 3.63) is 35.2 Å². The number of oxazole rings is 1. The van der Waals surface area contributed by atoms with Gasteiger partial charge in [-0.15, -0.1) is 0 Å². The monoisotopic (exact) mass is 286 g/mol. The molecule has 0 aliphatic rings. The van der Waals surface area contributed by atoms with Crippen molar-refractivity contribution in [2.75, 3.05) is 12.4 Å². The Kier molecular flexibility index (Phi) is 3.32. The summed E-state index contributed by atoms with van der Waals surface area (Å²) in [6, 6.07) is 6.01. The van der Waals surface area contributed by atoms with Gasteiger partial charge in [-0.25, -0.2) is 8.42 Å². The van der Waals surface area contributed by atoms with Crippen LogP contribution in [0.1, 0.15) is 5.89 Å². The number of hydrogen-bond donors (Lipinski definition) is 1. The van der Waals surface area contributed by atoms with E-state index in [0.29, 0.717) is 5.02 Å². The summed E-state index contributed by atoms with van der Waals surface area (Å²) in [5, 5.41) is 2.88. The van der Waals surface area contributed by atoms with Crippen LogP contribution < -0.4 is 5.32 Å². The van der Waals surface area contributed by atoms with Crippen LogP contribution >= 0.6 is 11.6 Å². The molecule has 18 heavy (non-hydrogen) atoms. The zero-order valence-corrected chi connectivity index (χ0v) is 11.3. The minimum absolute atomic E-state index is 0.0831. The van der Waals surface area contributed by atoms with Crippen molar-refractivity contribution in [3.8, 4) is 0 Å². The lowest BCUT2D eigenvalue weighted by Gasteiger charge is -2.03. The molecule has 0 atom stereocenters. The van der Waals surface area contributed by atoms with Crippen LogP contribution in [0.5, 0.6) is 0 Å². The molecule has 0 radical (unpaired) electrons. The van der Waals surface area contributed by atoms with Crippen molar-refractivity contribution >= 4 is 27.3 Å². The number of hydrogen-bond acceptors (Lipinski definition) is 5. The fourth-order valence-corrected chi connectivity index (χ4v) is 3.15. The van der Waals surface area contributed by atoms with E-state index < -0.39 is 9.84 Å². The maximum atomic E-state index is 12.4. The second kappa shape index (κ2) is 4.62. The van der Waals surface area contributed by atoms with Crippen molar-refractivity contribution in [3.63, 3.8) is 0 Å². The Morgan fingerprint density at radius 3 is 2.72 bits per heavy atom. The number of benzene rings is 1. The highest BCUT2D eigenvalue weighted by molar-refractivity contribution is 7.91. The summed E-state index contributed by atoms with van der Waals surface area (Å²) in [7, 11) is -2.17. The molecule has 1 heterocycles. The van der Waals surface area contributed by atoms with E-state index in [-0.39, 0.29) is 21.7 Å². The summed E-state index contributed by atoms with van der Waals surface area (Å²) in [5.74, 6) is 0.396. The van der Waals surface area contributed by atoms with Crippen LogP contribution in [0.15, 0.2) is 38.6 Å². The van der Waals surface area contributed by atoms with Crippen LogP contribution in [0, 0.1) is 6.92 Å². The molecule has 2 aromatic rings. The van der Waals surface area contributed by atoms with Crippen molar-refractivity contribution < 1.29 is 12.8 Å². The van der Waals surface area contributed by atoms with E-state index in [4.69, 9.17) is 16.0 Å². The van der Waals surface area contributed by atoms with Gasteiger partial charge in [0, 0.05) is 19.0 Å². The fourth-order valence-electron chi connectivity index (χ4n) is 1.49. The zero-order valence-electron chi connectivity index (χ0n) is 9.77. The minimum Gasteiger partial charge on any atom is -0.424 e. The topological polar surface area (TPSA) is 72.2 Å². The molecular formula is C11H11ClN2O3S. The lowest BCUT2D eigenvalue weighted by atomic mass is 10.4. The Balaban J connectivity index is 2.61. The molecule has 0 fully saturated rings. The summed E-state index contributed by atoms with van der Waals surface area (Å²) < 4.78 is 29.9. The number of rotatable bonds is 3. The first kappa shape index (κ1) is 12.9. The highest BCUT2D eigenvalue weighted by Crippen LogP contribution is 2.28. The third kappa shape index (κ3) is 2.21. The van der Waals surface area contributed by atoms with Gasteiger partial charge in [-0.3, -0.25) is 0 Å². The van der Waals surface area contributed by atoms with E-state index >= 15 is 0 Å². The predicted octanol–water partition coefficient (Wildman–Crippen LogP) is 2.51. The van der Waals surface area contributed by atoms with Crippen LogP contribution in [0.3, 0.4) is 0 Å². The maximum Gasteiger partial charge on any atom is 0.233 e. The third-order valence-corrected chi connectivity index (χ3v) is 4.19. The highest BCUT2D eigenvalue weighted by atomic mass is 35.5. The number of aryl methyl sites for hydroxylation is 1. The molecule has 0 bridgehead atoms. The summed E-state index contributed by atoms with van der Waals surface area (Å²) in [6.45, 7) is 1.58. The largest absolute Gasteiger partial charge is 0.424 e. The van der Waals surface area contributed by atoms with E-state index in [1.165, 1.54) is 12.1 Å². The molecule has 0 saturated heterocycles. The van der Waals surface area contributed by atoms with Gasteiger partial charge in [-0.05, 0) is 18.2 Å². The van der Waals surface area contributed by atoms with Crippen LogP contribution in [-0.4, -0.2) is 20.4 Å². The Morgan fingerprint density at radius 2 is 2.11 bits per heavy atom. The van der Waals surface area contributed by atoms with Crippen molar-refractivity contribution in [1.29, 1.82) is 0 Å². The molecule has 0 saturated carbocycles. The molecule has 1 aromatic carbocycles. The van der Waals surface area contributed by atoms with Gasteiger partial charge >= 0.3 is 0 Å². The molecule has 1 aromatic heterocycles. The molecule has 1 N–H and O–H groups in total.